The van der Waals surface area contributed by atoms with E-state index < -0.39 is 0 Å². The van der Waals surface area contributed by atoms with Gasteiger partial charge in [-0.2, -0.15) is 10.5 Å². The molecule has 0 unspecified atom stereocenters. The zero-order valence-electron chi connectivity index (χ0n) is 11.7. The minimum absolute atomic E-state index is 0.0247. The van der Waals surface area contributed by atoms with Crippen molar-refractivity contribution in [1.82, 2.24) is 9.88 Å². The van der Waals surface area contributed by atoms with Gasteiger partial charge in [-0.3, -0.25) is 4.90 Å². The maximum atomic E-state index is 9.11. The van der Waals surface area contributed by atoms with Gasteiger partial charge < -0.3 is 4.90 Å². The van der Waals surface area contributed by atoms with Crippen LogP contribution < -0.4 is 4.90 Å². The maximum Gasteiger partial charge on any atom is 0.185 e. The molecule has 106 valence electrons. The number of thiazole rings is 1. The van der Waals surface area contributed by atoms with Crippen LogP contribution in [0.4, 0.5) is 5.13 Å². The molecule has 1 aliphatic rings. The molecule has 0 aromatic carbocycles. The van der Waals surface area contributed by atoms with Gasteiger partial charge in [0.2, 0.25) is 0 Å². The summed E-state index contributed by atoms with van der Waals surface area (Å²) in [5, 5.41) is 20.9. The number of nitriles is 2. The number of hydrogen-bond acceptors (Lipinski definition) is 6. The van der Waals surface area contributed by atoms with Crippen LogP contribution in [-0.4, -0.2) is 42.6 Å². The van der Waals surface area contributed by atoms with E-state index in [1.165, 1.54) is 0 Å². The number of hydrogen-bond donors (Lipinski definition) is 0. The summed E-state index contributed by atoms with van der Waals surface area (Å²) >= 11 is 1.69. The number of nitrogens with zero attached hydrogens (tertiary/aromatic N) is 5. The zero-order chi connectivity index (χ0) is 14.4. The zero-order valence-corrected chi connectivity index (χ0v) is 12.6. The fraction of sp³-hybridized carbons (Fsp3) is 0.643. The van der Waals surface area contributed by atoms with E-state index in [9.17, 15) is 0 Å². The van der Waals surface area contributed by atoms with Crippen molar-refractivity contribution in [2.75, 3.05) is 37.6 Å². The fourth-order valence-corrected chi connectivity index (χ4v) is 3.21. The average Bonchev–Trinajstić information content (AvgIpc) is 2.90. The Balaban J connectivity index is 1.79. The molecule has 5 nitrogen and oxygen atoms in total. The molecule has 1 fully saturated rings. The van der Waals surface area contributed by atoms with Crippen LogP contribution in [0.2, 0.25) is 0 Å². The predicted molar refractivity (Wildman–Crippen MR) is 79.5 cm³/mol. The van der Waals surface area contributed by atoms with Crippen LogP contribution in [0.25, 0.3) is 0 Å². The van der Waals surface area contributed by atoms with Gasteiger partial charge in [0.05, 0.1) is 23.8 Å². The molecule has 0 N–H and O–H groups in total. The largest absolute Gasteiger partial charge is 0.346 e. The average molecular weight is 289 g/mol. The van der Waals surface area contributed by atoms with E-state index in [0.717, 1.165) is 43.5 Å². The molecule has 0 radical (unpaired) electrons. The molecule has 1 aromatic rings. The van der Waals surface area contributed by atoms with Gasteiger partial charge in [0.15, 0.2) is 5.13 Å². The molecule has 0 bridgehead atoms. The molecule has 2 rings (SSSR count). The van der Waals surface area contributed by atoms with Gasteiger partial charge in [-0.25, -0.2) is 4.98 Å². The Morgan fingerprint density at radius 3 is 2.65 bits per heavy atom. The van der Waals surface area contributed by atoms with Crippen molar-refractivity contribution < 1.29 is 0 Å². The Kier molecular flexibility index (Phi) is 5.34. The van der Waals surface area contributed by atoms with Crippen LogP contribution in [0.1, 0.15) is 18.5 Å². The summed E-state index contributed by atoms with van der Waals surface area (Å²) in [7, 11) is 0. The fourth-order valence-electron chi connectivity index (χ4n) is 2.36. The van der Waals surface area contributed by atoms with Crippen molar-refractivity contribution in [2.45, 2.75) is 19.8 Å². The Hall–Kier alpha value is -1.63. The summed E-state index contributed by atoms with van der Waals surface area (Å²) in [5.41, 5.74) is 1.08. The lowest BCUT2D eigenvalue weighted by Crippen LogP contribution is -2.47. The van der Waals surface area contributed by atoms with Gasteiger partial charge in [0.1, 0.15) is 0 Å². The molecule has 0 aliphatic carbocycles. The Bertz CT molecular complexity index is 504. The van der Waals surface area contributed by atoms with Crippen LogP contribution in [0.15, 0.2) is 5.38 Å². The van der Waals surface area contributed by atoms with Crippen LogP contribution >= 0.6 is 11.3 Å². The summed E-state index contributed by atoms with van der Waals surface area (Å²) in [6, 6.07) is 4.43. The Labute approximate surface area is 124 Å². The molecule has 0 saturated carbocycles. The summed E-state index contributed by atoms with van der Waals surface area (Å²) in [6.45, 7) is 6.64. The van der Waals surface area contributed by atoms with Crippen LogP contribution in [0, 0.1) is 35.5 Å². The van der Waals surface area contributed by atoms with Gasteiger partial charge in [0, 0.05) is 44.5 Å². The molecule has 1 aromatic heterocycles. The minimum Gasteiger partial charge on any atom is -0.346 e. The number of anilines is 1. The van der Waals surface area contributed by atoms with Gasteiger partial charge >= 0.3 is 0 Å². The first-order valence-corrected chi connectivity index (χ1v) is 7.77. The monoisotopic (exact) mass is 289 g/mol. The van der Waals surface area contributed by atoms with Gasteiger partial charge in [-0.1, -0.05) is 0 Å². The summed E-state index contributed by atoms with van der Waals surface area (Å²) in [4.78, 5) is 9.15. The third-order valence-electron chi connectivity index (χ3n) is 3.52. The van der Waals surface area contributed by atoms with Crippen LogP contribution in [-0.2, 0) is 0 Å². The number of aromatic nitrogens is 1. The van der Waals surface area contributed by atoms with E-state index >= 15 is 0 Å². The molecule has 0 amide bonds. The van der Waals surface area contributed by atoms with Gasteiger partial charge in [-0.05, 0) is 13.3 Å². The van der Waals surface area contributed by atoms with Gasteiger partial charge in [-0.15, -0.1) is 11.3 Å². The third-order valence-corrected chi connectivity index (χ3v) is 4.53. The lowest BCUT2D eigenvalue weighted by atomic mass is 10.0. The minimum atomic E-state index is -0.0247. The van der Waals surface area contributed by atoms with Crippen molar-refractivity contribution >= 4 is 16.5 Å². The van der Waals surface area contributed by atoms with E-state index in [1.54, 1.807) is 11.3 Å². The van der Waals surface area contributed by atoms with Crippen LogP contribution in [0.5, 0.6) is 0 Å². The first-order chi connectivity index (χ1) is 9.72. The second kappa shape index (κ2) is 7.23. The highest BCUT2D eigenvalue weighted by Gasteiger charge is 2.21. The Morgan fingerprint density at radius 1 is 1.35 bits per heavy atom. The Morgan fingerprint density at radius 2 is 2.10 bits per heavy atom. The summed E-state index contributed by atoms with van der Waals surface area (Å²) < 4.78 is 0. The third kappa shape index (κ3) is 3.93. The van der Waals surface area contributed by atoms with Crippen LogP contribution in [0.3, 0.4) is 0 Å². The number of piperazine rings is 1. The number of aryl methyl sites for hydroxylation is 1. The first-order valence-electron chi connectivity index (χ1n) is 6.89. The topological polar surface area (TPSA) is 67.0 Å². The van der Waals surface area contributed by atoms with Crippen molar-refractivity contribution in [1.29, 1.82) is 10.5 Å². The van der Waals surface area contributed by atoms with Crippen molar-refractivity contribution in [3.8, 4) is 12.1 Å². The smallest absolute Gasteiger partial charge is 0.185 e. The maximum absolute atomic E-state index is 9.11. The second-order valence-electron chi connectivity index (χ2n) is 5.08. The van der Waals surface area contributed by atoms with Crippen molar-refractivity contribution in [2.24, 2.45) is 5.92 Å². The second-order valence-corrected chi connectivity index (χ2v) is 5.92. The van der Waals surface area contributed by atoms with E-state index in [0.29, 0.717) is 12.8 Å². The van der Waals surface area contributed by atoms with Crippen molar-refractivity contribution in [3.05, 3.63) is 11.1 Å². The SMILES string of the molecule is Cc1csc(N2CCN(C[C@H](C#N)CCC#N)CC2)n1. The standard InChI is InChI=1S/C14H19N5S/c1-12-11-20-14(17-12)19-7-5-18(6-8-19)10-13(9-16)3-2-4-15/h11,13H,2-3,5-8,10H2,1H3/t13-/m0/s1. The molecule has 20 heavy (non-hydrogen) atoms. The summed E-state index contributed by atoms with van der Waals surface area (Å²) in [5.74, 6) is -0.0247. The molecular weight excluding hydrogens is 270 g/mol. The van der Waals surface area contributed by atoms with E-state index in [-0.39, 0.29) is 5.92 Å². The van der Waals surface area contributed by atoms with E-state index in [1.807, 2.05) is 6.92 Å². The van der Waals surface area contributed by atoms with E-state index in [2.05, 4.69) is 32.3 Å². The summed E-state index contributed by atoms with van der Waals surface area (Å²) in [6.07, 6.45) is 1.15. The van der Waals surface area contributed by atoms with Crippen molar-refractivity contribution in [3.63, 3.8) is 0 Å². The van der Waals surface area contributed by atoms with Gasteiger partial charge in [0.25, 0.3) is 0 Å². The lowest BCUT2D eigenvalue weighted by molar-refractivity contribution is 0.233. The normalized spacial score (nSPS) is 17.4. The number of rotatable bonds is 5. The molecule has 1 saturated heterocycles. The molecule has 1 aliphatic heterocycles. The molecule has 0 spiro atoms. The predicted octanol–water partition coefficient (Wildman–Crippen LogP) is 2.02. The molecule has 1 atom stereocenters. The lowest BCUT2D eigenvalue weighted by Gasteiger charge is -2.35. The van der Waals surface area contributed by atoms with E-state index in [4.69, 9.17) is 10.5 Å². The highest BCUT2D eigenvalue weighted by molar-refractivity contribution is 7.13. The highest BCUT2D eigenvalue weighted by atomic mass is 32.1. The molecule has 2 heterocycles. The molecular formula is C14H19N5S. The quantitative estimate of drug-likeness (QED) is 0.829. The molecule has 6 heteroatoms. The first kappa shape index (κ1) is 14.8. The highest BCUT2D eigenvalue weighted by Crippen LogP contribution is 2.21.